The monoisotopic (exact) mass is 199 g/mol. The van der Waals surface area contributed by atoms with Crippen molar-refractivity contribution in [1.82, 2.24) is 4.90 Å². The Morgan fingerprint density at radius 3 is 2.86 bits per heavy atom. The highest BCUT2D eigenvalue weighted by atomic mass is 16.5. The van der Waals surface area contributed by atoms with Crippen molar-refractivity contribution in [3.8, 4) is 0 Å². The zero-order chi connectivity index (χ0) is 10.6. The van der Waals surface area contributed by atoms with E-state index in [1.165, 1.54) is 18.1 Å². The highest BCUT2D eigenvalue weighted by molar-refractivity contribution is 5.82. The van der Waals surface area contributed by atoms with Crippen LogP contribution >= 0.6 is 0 Å². The van der Waals surface area contributed by atoms with Crippen LogP contribution in [0.15, 0.2) is 12.2 Å². The molecule has 1 saturated heterocycles. The lowest BCUT2D eigenvalue weighted by molar-refractivity contribution is -0.134. The summed E-state index contributed by atoms with van der Waals surface area (Å²) >= 11 is 0. The average Bonchev–Trinajstić information content (AvgIpc) is 2.62. The molecule has 0 unspecified atom stereocenters. The maximum atomic E-state index is 10.8. The number of likely N-dealkylation sites (tertiary alicyclic amines) is 1. The lowest BCUT2D eigenvalue weighted by Crippen LogP contribution is -2.32. The topological polar surface area (TPSA) is 66.8 Å². The van der Waals surface area contributed by atoms with Crippen molar-refractivity contribution in [3.63, 3.8) is 0 Å². The molecule has 14 heavy (non-hydrogen) atoms. The molecule has 0 aromatic rings. The Balaban J connectivity index is 2.55. The molecule has 1 atom stereocenters. The third kappa shape index (κ3) is 2.48. The Labute approximate surface area is 82.0 Å². The highest BCUT2D eigenvalue weighted by Gasteiger charge is 2.26. The molecule has 78 valence electrons. The minimum absolute atomic E-state index is 0.188. The third-order valence-corrected chi connectivity index (χ3v) is 2.20. The molecule has 1 aliphatic rings. The molecule has 1 amide bonds. The zero-order valence-electron chi connectivity index (χ0n) is 7.97. The van der Waals surface area contributed by atoms with Gasteiger partial charge in [0.15, 0.2) is 0 Å². The van der Waals surface area contributed by atoms with Gasteiger partial charge >= 0.3 is 12.1 Å². The summed E-state index contributed by atoms with van der Waals surface area (Å²) < 4.78 is 4.41. The molecule has 0 spiro atoms. The molecule has 5 nitrogen and oxygen atoms in total. The first kappa shape index (κ1) is 10.6. The van der Waals surface area contributed by atoms with E-state index >= 15 is 0 Å². The van der Waals surface area contributed by atoms with Gasteiger partial charge in [-0.2, -0.15) is 0 Å². The van der Waals surface area contributed by atoms with Crippen LogP contribution < -0.4 is 0 Å². The van der Waals surface area contributed by atoms with E-state index in [1.807, 2.05) is 0 Å². The molecular weight excluding hydrogens is 186 g/mol. The van der Waals surface area contributed by atoms with Crippen LogP contribution in [0.25, 0.3) is 0 Å². The van der Waals surface area contributed by atoms with Crippen molar-refractivity contribution in [3.05, 3.63) is 12.2 Å². The van der Waals surface area contributed by atoms with E-state index < -0.39 is 12.1 Å². The number of hydrogen-bond donors (Lipinski definition) is 1. The smallest absolute Gasteiger partial charge is 0.407 e. The summed E-state index contributed by atoms with van der Waals surface area (Å²) in [5, 5.41) is 8.78. The molecule has 1 aliphatic heterocycles. The average molecular weight is 199 g/mol. The second kappa shape index (κ2) is 4.64. The number of rotatable bonds is 2. The molecule has 0 bridgehead atoms. The summed E-state index contributed by atoms with van der Waals surface area (Å²) in [5.74, 6) is -0.456. The van der Waals surface area contributed by atoms with Gasteiger partial charge in [-0.05, 0) is 12.8 Å². The molecule has 0 aromatic heterocycles. The second-order valence-corrected chi connectivity index (χ2v) is 3.07. The quantitative estimate of drug-likeness (QED) is 0.529. The van der Waals surface area contributed by atoms with Crippen LogP contribution in [0.3, 0.4) is 0 Å². The number of carbonyl (C=O) groups excluding carboxylic acids is 1. The summed E-state index contributed by atoms with van der Waals surface area (Å²) in [5.41, 5.74) is 0. The summed E-state index contributed by atoms with van der Waals surface area (Å²) in [6.07, 6.45) is 3.50. The second-order valence-electron chi connectivity index (χ2n) is 3.07. The fourth-order valence-corrected chi connectivity index (χ4v) is 1.49. The normalized spacial score (nSPS) is 21.5. The van der Waals surface area contributed by atoms with Gasteiger partial charge in [-0.3, -0.25) is 0 Å². The Hall–Kier alpha value is -1.52. The molecule has 0 radical (unpaired) electrons. The van der Waals surface area contributed by atoms with Gasteiger partial charge in [0.25, 0.3) is 0 Å². The van der Waals surface area contributed by atoms with E-state index in [4.69, 9.17) is 5.11 Å². The molecular formula is C9H13NO4. The van der Waals surface area contributed by atoms with Crippen molar-refractivity contribution in [1.29, 1.82) is 0 Å². The summed E-state index contributed by atoms with van der Waals surface area (Å²) in [6.45, 7) is 0.533. The molecule has 1 fully saturated rings. The fourth-order valence-electron chi connectivity index (χ4n) is 1.49. The van der Waals surface area contributed by atoms with Gasteiger partial charge in [0.05, 0.1) is 13.2 Å². The molecule has 1 N–H and O–H groups in total. The Bertz CT molecular complexity index is 262. The minimum Gasteiger partial charge on any atom is -0.466 e. The Kier molecular flexibility index (Phi) is 3.50. The zero-order valence-corrected chi connectivity index (χ0v) is 7.97. The van der Waals surface area contributed by atoms with Crippen LogP contribution in [0.1, 0.15) is 12.8 Å². The number of methoxy groups -OCH3 is 1. The fraction of sp³-hybridized carbons (Fsp3) is 0.556. The van der Waals surface area contributed by atoms with Crippen LogP contribution in [0.4, 0.5) is 4.79 Å². The molecule has 0 aromatic carbocycles. The predicted molar refractivity (Wildman–Crippen MR) is 48.9 cm³/mol. The lowest BCUT2D eigenvalue weighted by Gasteiger charge is -2.17. The van der Waals surface area contributed by atoms with Crippen LogP contribution in [0.5, 0.6) is 0 Å². The van der Waals surface area contributed by atoms with E-state index in [0.717, 1.165) is 12.8 Å². The van der Waals surface area contributed by atoms with Crippen molar-refractivity contribution in [2.45, 2.75) is 18.9 Å². The first-order chi connectivity index (χ1) is 6.65. The van der Waals surface area contributed by atoms with Crippen molar-refractivity contribution in [2.24, 2.45) is 0 Å². The predicted octanol–water partition coefficient (Wildman–Crippen LogP) is 0.858. The van der Waals surface area contributed by atoms with Crippen LogP contribution in [-0.2, 0) is 9.53 Å². The Morgan fingerprint density at radius 1 is 1.57 bits per heavy atom. The van der Waals surface area contributed by atoms with E-state index in [1.54, 1.807) is 6.08 Å². The number of carbonyl (C=O) groups is 2. The summed E-state index contributed by atoms with van der Waals surface area (Å²) in [6, 6.07) is -0.188. The molecule has 5 heteroatoms. The van der Waals surface area contributed by atoms with Crippen LogP contribution in [0.2, 0.25) is 0 Å². The lowest BCUT2D eigenvalue weighted by atomic mass is 10.2. The van der Waals surface area contributed by atoms with Crippen LogP contribution in [-0.4, -0.2) is 41.8 Å². The van der Waals surface area contributed by atoms with Gasteiger partial charge in [-0.25, -0.2) is 9.59 Å². The molecule has 1 rings (SSSR count). The third-order valence-electron chi connectivity index (χ3n) is 2.20. The number of carboxylic acid groups (broad SMARTS) is 1. The molecule has 1 heterocycles. The van der Waals surface area contributed by atoms with E-state index in [-0.39, 0.29) is 6.04 Å². The van der Waals surface area contributed by atoms with Crippen molar-refractivity contribution >= 4 is 12.1 Å². The van der Waals surface area contributed by atoms with Gasteiger partial charge in [0, 0.05) is 12.6 Å². The SMILES string of the molecule is COC(=O)C=C[C@@H]1CCCN1C(=O)O. The van der Waals surface area contributed by atoms with Crippen molar-refractivity contribution < 1.29 is 19.4 Å². The number of nitrogens with zero attached hydrogens (tertiary/aromatic N) is 1. The van der Waals surface area contributed by atoms with E-state index in [2.05, 4.69) is 4.74 Å². The van der Waals surface area contributed by atoms with Gasteiger partial charge in [0.1, 0.15) is 0 Å². The van der Waals surface area contributed by atoms with Gasteiger partial charge in [-0.15, -0.1) is 0 Å². The minimum atomic E-state index is -0.943. The number of esters is 1. The number of hydrogen-bond acceptors (Lipinski definition) is 3. The van der Waals surface area contributed by atoms with E-state index in [9.17, 15) is 9.59 Å². The highest BCUT2D eigenvalue weighted by Crippen LogP contribution is 2.17. The molecule has 0 saturated carbocycles. The van der Waals surface area contributed by atoms with Crippen LogP contribution in [0, 0.1) is 0 Å². The summed E-state index contributed by atoms with van der Waals surface area (Å²) in [7, 11) is 1.29. The number of ether oxygens (including phenoxy) is 1. The first-order valence-corrected chi connectivity index (χ1v) is 4.41. The van der Waals surface area contributed by atoms with Gasteiger partial charge in [0.2, 0.25) is 0 Å². The van der Waals surface area contributed by atoms with Gasteiger partial charge in [-0.1, -0.05) is 6.08 Å². The largest absolute Gasteiger partial charge is 0.466 e. The number of amides is 1. The Morgan fingerprint density at radius 2 is 2.29 bits per heavy atom. The molecule has 0 aliphatic carbocycles. The standard InChI is InChI=1S/C9H13NO4/c1-14-8(11)5-4-7-3-2-6-10(7)9(12)13/h4-5,7H,2-3,6H2,1H3,(H,12,13)/t7-/m0/s1. The van der Waals surface area contributed by atoms with E-state index in [0.29, 0.717) is 6.54 Å². The maximum absolute atomic E-state index is 10.8. The van der Waals surface area contributed by atoms with Crippen molar-refractivity contribution in [2.75, 3.05) is 13.7 Å². The first-order valence-electron chi connectivity index (χ1n) is 4.41. The van der Waals surface area contributed by atoms with Gasteiger partial charge < -0.3 is 14.7 Å². The summed E-state index contributed by atoms with van der Waals surface area (Å²) in [4.78, 5) is 22.8. The maximum Gasteiger partial charge on any atom is 0.407 e.